The van der Waals surface area contributed by atoms with Crippen molar-refractivity contribution in [1.29, 1.82) is 0 Å². The first-order chi connectivity index (χ1) is 11.6. The Hall–Kier alpha value is -3.12. The maximum atomic E-state index is 12.3. The third-order valence-electron chi connectivity index (χ3n) is 3.19. The molecule has 0 bridgehead atoms. The maximum Gasteiger partial charge on any atom is 0.292 e. The highest BCUT2D eigenvalue weighted by molar-refractivity contribution is 6.32. The molecule has 0 unspecified atom stereocenters. The first kappa shape index (κ1) is 15.8. The Kier molecular flexibility index (Phi) is 4.58. The van der Waals surface area contributed by atoms with E-state index in [2.05, 4.69) is 15.6 Å². The predicted octanol–water partition coefficient (Wildman–Crippen LogP) is 3.04. The average Bonchev–Trinajstić information content (AvgIpc) is 2.60. The summed E-state index contributed by atoms with van der Waals surface area (Å²) < 4.78 is 1.21. The van der Waals surface area contributed by atoms with Crippen LogP contribution in [0.4, 0.5) is 5.69 Å². The highest BCUT2D eigenvalue weighted by atomic mass is 35.5. The van der Waals surface area contributed by atoms with Crippen molar-refractivity contribution >= 4 is 23.5 Å². The second-order valence-corrected chi connectivity index (χ2v) is 5.27. The molecule has 6 nitrogen and oxygen atoms in total. The third kappa shape index (κ3) is 3.44. The molecule has 3 rings (SSSR count). The van der Waals surface area contributed by atoms with Crippen LogP contribution in [0, 0.1) is 0 Å². The first-order valence-corrected chi connectivity index (χ1v) is 7.44. The minimum absolute atomic E-state index is 0.0121. The van der Waals surface area contributed by atoms with E-state index in [4.69, 9.17) is 11.6 Å². The second-order valence-electron chi connectivity index (χ2n) is 4.89. The average molecular weight is 341 g/mol. The van der Waals surface area contributed by atoms with E-state index in [1.54, 1.807) is 36.4 Å². The lowest BCUT2D eigenvalue weighted by Crippen LogP contribution is -2.22. The largest absolute Gasteiger partial charge is 0.508 e. The Morgan fingerprint density at radius 3 is 2.71 bits per heavy atom. The van der Waals surface area contributed by atoms with E-state index >= 15 is 0 Å². The molecule has 120 valence electrons. The SMILES string of the molecule is O=c1c(Cl)c(N/N=C/c2cccc(O)c2)cnn1-c1ccccc1. The van der Waals surface area contributed by atoms with Crippen molar-refractivity contribution in [2.24, 2.45) is 5.10 Å². The molecule has 0 saturated carbocycles. The lowest BCUT2D eigenvalue weighted by atomic mass is 10.2. The molecule has 0 amide bonds. The van der Waals surface area contributed by atoms with Gasteiger partial charge in [-0.15, -0.1) is 0 Å². The molecular weight excluding hydrogens is 328 g/mol. The molecule has 1 aromatic heterocycles. The van der Waals surface area contributed by atoms with Crippen LogP contribution in [0.25, 0.3) is 5.69 Å². The molecule has 0 atom stereocenters. The van der Waals surface area contributed by atoms with Gasteiger partial charge in [-0.05, 0) is 29.8 Å². The van der Waals surface area contributed by atoms with Crippen LogP contribution in [-0.2, 0) is 0 Å². The number of para-hydroxylation sites is 1. The van der Waals surface area contributed by atoms with Crippen LogP contribution in [0.1, 0.15) is 5.56 Å². The molecule has 2 aromatic carbocycles. The molecule has 0 fully saturated rings. The number of nitrogens with one attached hydrogen (secondary N) is 1. The van der Waals surface area contributed by atoms with Crippen molar-refractivity contribution in [3.05, 3.63) is 81.7 Å². The summed E-state index contributed by atoms with van der Waals surface area (Å²) in [4.78, 5) is 12.3. The van der Waals surface area contributed by atoms with E-state index in [0.29, 0.717) is 16.9 Å². The predicted molar refractivity (Wildman–Crippen MR) is 94.2 cm³/mol. The smallest absolute Gasteiger partial charge is 0.292 e. The van der Waals surface area contributed by atoms with Gasteiger partial charge in [0.1, 0.15) is 16.5 Å². The van der Waals surface area contributed by atoms with Gasteiger partial charge in [-0.3, -0.25) is 10.2 Å². The summed E-state index contributed by atoms with van der Waals surface area (Å²) in [6, 6.07) is 15.6. The number of anilines is 1. The van der Waals surface area contributed by atoms with Gasteiger partial charge in [0.25, 0.3) is 5.56 Å². The molecular formula is C17H13ClN4O2. The minimum Gasteiger partial charge on any atom is -0.508 e. The van der Waals surface area contributed by atoms with E-state index < -0.39 is 5.56 Å². The second kappa shape index (κ2) is 6.97. The van der Waals surface area contributed by atoms with E-state index in [9.17, 15) is 9.90 Å². The fourth-order valence-corrected chi connectivity index (χ4v) is 2.22. The van der Waals surface area contributed by atoms with Gasteiger partial charge in [0, 0.05) is 0 Å². The minimum atomic E-state index is -0.444. The van der Waals surface area contributed by atoms with Gasteiger partial charge in [0.05, 0.1) is 18.1 Å². The number of aromatic nitrogens is 2. The molecule has 1 heterocycles. The van der Waals surface area contributed by atoms with E-state index in [0.717, 1.165) is 0 Å². The molecule has 0 aliphatic rings. The summed E-state index contributed by atoms with van der Waals surface area (Å²) in [5.74, 6) is 0.143. The van der Waals surface area contributed by atoms with Gasteiger partial charge in [-0.2, -0.15) is 14.9 Å². The molecule has 0 aliphatic carbocycles. The summed E-state index contributed by atoms with van der Waals surface area (Å²) in [5.41, 5.74) is 3.86. The number of rotatable bonds is 4. The Morgan fingerprint density at radius 2 is 1.96 bits per heavy atom. The van der Waals surface area contributed by atoms with Crippen molar-refractivity contribution in [3.8, 4) is 11.4 Å². The number of hydrogen-bond acceptors (Lipinski definition) is 5. The van der Waals surface area contributed by atoms with Crippen LogP contribution in [-0.4, -0.2) is 21.1 Å². The van der Waals surface area contributed by atoms with E-state index in [-0.39, 0.29) is 10.8 Å². The number of phenols is 1. The third-order valence-corrected chi connectivity index (χ3v) is 3.55. The Morgan fingerprint density at radius 1 is 1.17 bits per heavy atom. The van der Waals surface area contributed by atoms with Gasteiger partial charge < -0.3 is 5.11 Å². The standard InChI is InChI=1S/C17H13ClN4O2/c18-16-15(21-19-10-12-5-4-8-14(23)9-12)11-20-22(17(16)24)13-6-2-1-3-7-13/h1-11,21,23H/b19-10+. The van der Waals surface area contributed by atoms with Crippen LogP contribution in [0.15, 0.2) is 70.7 Å². The highest BCUT2D eigenvalue weighted by Gasteiger charge is 2.09. The van der Waals surface area contributed by atoms with Crippen molar-refractivity contribution in [1.82, 2.24) is 9.78 Å². The molecule has 0 saturated heterocycles. The van der Waals surface area contributed by atoms with Crippen molar-refractivity contribution in [2.75, 3.05) is 5.43 Å². The monoisotopic (exact) mass is 340 g/mol. The number of benzene rings is 2. The Balaban J connectivity index is 1.83. The summed E-state index contributed by atoms with van der Waals surface area (Å²) in [5, 5.41) is 17.5. The van der Waals surface area contributed by atoms with Gasteiger partial charge >= 0.3 is 0 Å². The fourth-order valence-electron chi connectivity index (χ4n) is 2.05. The zero-order chi connectivity index (χ0) is 16.9. The summed E-state index contributed by atoms with van der Waals surface area (Å²) in [6.07, 6.45) is 2.93. The van der Waals surface area contributed by atoms with Gasteiger partial charge in [-0.25, -0.2) is 0 Å². The number of hydrogen-bond donors (Lipinski definition) is 2. The number of aromatic hydroxyl groups is 1. The van der Waals surface area contributed by atoms with Crippen LogP contribution in [0.2, 0.25) is 5.02 Å². The van der Waals surface area contributed by atoms with Crippen LogP contribution < -0.4 is 11.0 Å². The summed E-state index contributed by atoms with van der Waals surface area (Å²) in [7, 11) is 0. The topological polar surface area (TPSA) is 79.5 Å². The Bertz CT molecular complexity index is 939. The molecule has 2 N–H and O–H groups in total. The normalized spacial score (nSPS) is 10.9. The van der Waals surface area contributed by atoms with Crippen molar-refractivity contribution in [2.45, 2.75) is 0 Å². The number of halogens is 1. The van der Waals surface area contributed by atoms with Gasteiger partial charge in [0.2, 0.25) is 0 Å². The lowest BCUT2D eigenvalue weighted by molar-refractivity contribution is 0.475. The van der Waals surface area contributed by atoms with Crippen molar-refractivity contribution in [3.63, 3.8) is 0 Å². The summed E-state index contributed by atoms with van der Waals surface area (Å²) >= 11 is 6.11. The quantitative estimate of drug-likeness (QED) is 0.565. The lowest BCUT2D eigenvalue weighted by Gasteiger charge is -2.07. The zero-order valence-electron chi connectivity index (χ0n) is 12.4. The highest BCUT2D eigenvalue weighted by Crippen LogP contribution is 2.16. The van der Waals surface area contributed by atoms with E-state index in [1.807, 2.05) is 18.2 Å². The van der Waals surface area contributed by atoms with Gasteiger partial charge in [-0.1, -0.05) is 41.9 Å². The molecule has 0 spiro atoms. The maximum absolute atomic E-state index is 12.3. The van der Waals surface area contributed by atoms with Gasteiger partial charge in [0.15, 0.2) is 0 Å². The number of phenolic OH excluding ortho intramolecular Hbond substituents is 1. The van der Waals surface area contributed by atoms with Crippen LogP contribution in [0.5, 0.6) is 5.75 Å². The first-order valence-electron chi connectivity index (χ1n) is 7.06. The van der Waals surface area contributed by atoms with Crippen LogP contribution >= 0.6 is 11.6 Å². The van der Waals surface area contributed by atoms with Crippen LogP contribution in [0.3, 0.4) is 0 Å². The fraction of sp³-hybridized carbons (Fsp3) is 0. The summed E-state index contributed by atoms with van der Waals surface area (Å²) in [6.45, 7) is 0. The molecule has 24 heavy (non-hydrogen) atoms. The molecule has 0 aliphatic heterocycles. The van der Waals surface area contributed by atoms with Crippen molar-refractivity contribution < 1.29 is 5.11 Å². The Labute approximate surface area is 142 Å². The molecule has 7 heteroatoms. The molecule has 3 aromatic rings. The van der Waals surface area contributed by atoms with E-state index in [1.165, 1.54) is 17.1 Å². The number of nitrogens with zero attached hydrogens (tertiary/aromatic N) is 3. The number of hydrazone groups is 1. The zero-order valence-corrected chi connectivity index (χ0v) is 13.2. The molecule has 0 radical (unpaired) electrons.